The molecular weight excluding hydrogens is 408 g/mol. The Morgan fingerprint density at radius 3 is 2.61 bits per heavy atom. The van der Waals surface area contributed by atoms with Crippen molar-refractivity contribution in [3.63, 3.8) is 0 Å². The molecule has 0 bridgehead atoms. The molecule has 160 valence electrons. The van der Waals surface area contributed by atoms with Gasteiger partial charge in [0, 0.05) is 23.9 Å². The maximum absolute atomic E-state index is 13.3. The molecule has 3 aromatic rings. The van der Waals surface area contributed by atoms with E-state index < -0.39 is 18.8 Å². The number of benzene rings is 1. The second-order valence-corrected chi connectivity index (χ2v) is 7.07. The van der Waals surface area contributed by atoms with Gasteiger partial charge < -0.3 is 19.9 Å². The average molecular weight is 427 g/mol. The van der Waals surface area contributed by atoms with Crippen LogP contribution in [0.1, 0.15) is 22.5 Å². The van der Waals surface area contributed by atoms with Gasteiger partial charge in [0.2, 0.25) is 5.91 Å². The number of nitrogens with one attached hydrogen (secondary N) is 1. The van der Waals surface area contributed by atoms with Crippen molar-refractivity contribution in [2.24, 2.45) is 0 Å². The molecule has 1 aliphatic heterocycles. The van der Waals surface area contributed by atoms with Crippen LogP contribution in [0.15, 0.2) is 48.7 Å². The van der Waals surface area contributed by atoms with Crippen LogP contribution in [0, 0.1) is 6.92 Å². The number of aryl methyl sites for hydroxylation is 1. The lowest BCUT2D eigenvalue weighted by Crippen LogP contribution is -2.25. The van der Waals surface area contributed by atoms with Crippen LogP contribution in [-0.4, -0.2) is 33.9 Å². The smallest absolute Gasteiger partial charge is 0.395 e. The third-order valence-corrected chi connectivity index (χ3v) is 4.71. The van der Waals surface area contributed by atoms with Crippen molar-refractivity contribution >= 4 is 5.91 Å². The van der Waals surface area contributed by atoms with Crippen molar-refractivity contribution < 1.29 is 28.2 Å². The highest BCUT2D eigenvalue weighted by atomic mass is 19.3. The Kier molecular flexibility index (Phi) is 5.51. The molecule has 0 saturated carbocycles. The Labute approximate surface area is 176 Å². The first kappa shape index (κ1) is 20.7. The predicted octanol–water partition coefficient (Wildman–Crippen LogP) is 2.97. The molecule has 7 nitrogen and oxygen atoms in total. The fourth-order valence-corrected chi connectivity index (χ4v) is 3.17. The third kappa shape index (κ3) is 4.77. The third-order valence-electron chi connectivity index (χ3n) is 4.71. The maximum atomic E-state index is 13.3. The highest BCUT2D eigenvalue weighted by Crippen LogP contribution is 2.43. The molecule has 0 unspecified atom stereocenters. The summed E-state index contributed by atoms with van der Waals surface area (Å²) in [6, 6.07) is 12.1. The number of aromatic nitrogens is 2. The first-order chi connectivity index (χ1) is 14.8. The van der Waals surface area contributed by atoms with E-state index in [1.807, 2.05) is 25.1 Å². The Morgan fingerprint density at radius 1 is 1.10 bits per heavy atom. The summed E-state index contributed by atoms with van der Waals surface area (Å²) in [5.74, 6) is -0.499. The number of aliphatic hydroxyl groups is 1. The molecular formula is C22H19F2N3O4. The predicted molar refractivity (Wildman–Crippen MR) is 107 cm³/mol. The van der Waals surface area contributed by atoms with E-state index in [1.54, 1.807) is 18.3 Å². The number of rotatable bonds is 6. The second kappa shape index (κ2) is 8.27. The van der Waals surface area contributed by atoms with Crippen LogP contribution >= 0.6 is 0 Å². The highest BCUT2D eigenvalue weighted by molar-refractivity contribution is 5.76. The highest BCUT2D eigenvalue weighted by Gasteiger charge is 2.43. The van der Waals surface area contributed by atoms with Gasteiger partial charge >= 0.3 is 6.29 Å². The second-order valence-electron chi connectivity index (χ2n) is 7.07. The molecule has 0 fully saturated rings. The Bertz CT molecular complexity index is 1120. The van der Waals surface area contributed by atoms with E-state index in [4.69, 9.17) is 10.1 Å². The van der Waals surface area contributed by atoms with Gasteiger partial charge in [-0.3, -0.25) is 14.8 Å². The van der Waals surface area contributed by atoms with E-state index in [0.29, 0.717) is 23.4 Å². The number of carbonyl (C=O) groups excluding carboxylic acids is 1. The molecule has 1 aromatic carbocycles. The Hall–Kier alpha value is -3.59. The van der Waals surface area contributed by atoms with Crippen molar-refractivity contribution in [3.8, 4) is 22.8 Å². The molecule has 2 aromatic heterocycles. The number of aliphatic hydroxyl groups excluding tert-OH is 1. The van der Waals surface area contributed by atoms with E-state index in [-0.39, 0.29) is 18.0 Å². The lowest BCUT2D eigenvalue weighted by atomic mass is 10.0. The zero-order valence-corrected chi connectivity index (χ0v) is 16.6. The minimum Gasteiger partial charge on any atom is -0.395 e. The number of ether oxygens (including phenoxy) is 2. The number of fused-ring (bicyclic) bond motifs is 1. The number of nitrogens with zero attached hydrogens (tertiary/aromatic N) is 2. The summed E-state index contributed by atoms with van der Waals surface area (Å²) in [6.45, 7) is 1.56. The van der Waals surface area contributed by atoms with Gasteiger partial charge in [-0.15, -0.1) is 8.78 Å². The maximum Gasteiger partial charge on any atom is 0.586 e. The molecule has 4 rings (SSSR count). The summed E-state index contributed by atoms with van der Waals surface area (Å²) in [5.41, 5.74) is 4.57. The molecule has 1 aliphatic rings. The van der Waals surface area contributed by atoms with Gasteiger partial charge in [0.05, 0.1) is 17.9 Å². The van der Waals surface area contributed by atoms with Crippen LogP contribution < -0.4 is 14.8 Å². The van der Waals surface area contributed by atoms with Crippen LogP contribution in [0.2, 0.25) is 0 Å². The molecule has 3 heterocycles. The van der Waals surface area contributed by atoms with Crippen molar-refractivity contribution in [2.75, 3.05) is 6.61 Å². The normalized spacial score (nSPS) is 13.8. The summed E-state index contributed by atoms with van der Waals surface area (Å²) in [5, 5.41) is 11.3. The lowest BCUT2D eigenvalue weighted by molar-refractivity contribution is -0.286. The monoisotopic (exact) mass is 427 g/mol. The van der Waals surface area contributed by atoms with Gasteiger partial charge in [-0.05, 0) is 48.4 Å². The zero-order valence-electron chi connectivity index (χ0n) is 16.6. The van der Waals surface area contributed by atoms with Crippen molar-refractivity contribution in [3.05, 3.63) is 71.2 Å². The summed E-state index contributed by atoms with van der Waals surface area (Å²) >= 11 is 0. The topological polar surface area (TPSA) is 93.6 Å². The van der Waals surface area contributed by atoms with Crippen molar-refractivity contribution in [2.45, 2.75) is 26.2 Å². The van der Waals surface area contributed by atoms with Gasteiger partial charge in [0.1, 0.15) is 6.61 Å². The van der Waals surface area contributed by atoms with Gasteiger partial charge in [-0.25, -0.2) is 0 Å². The number of carbonyl (C=O) groups is 1. The van der Waals surface area contributed by atoms with E-state index in [0.717, 1.165) is 16.8 Å². The Morgan fingerprint density at radius 2 is 1.87 bits per heavy atom. The number of hydrogen-bond acceptors (Lipinski definition) is 6. The van der Waals surface area contributed by atoms with Crippen LogP contribution in [0.4, 0.5) is 8.78 Å². The molecule has 9 heteroatoms. The summed E-state index contributed by atoms with van der Waals surface area (Å²) < 4.78 is 35.6. The first-order valence-electron chi connectivity index (χ1n) is 9.51. The first-order valence-corrected chi connectivity index (χ1v) is 9.51. The van der Waals surface area contributed by atoms with Gasteiger partial charge in [0.25, 0.3) is 0 Å². The standard InChI is InChI=1S/C22H19F2N3O4/c1-13-2-5-16(8-14-3-6-17(25-10-14)11-26-20(29)12-28)27-21(13)15-4-7-18-19(9-15)31-22(23,24)30-18/h2-7,9-10,28H,8,11-12H2,1H3,(H,26,29). The fourth-order valence-electron chi connectivity index (χ4n) is 3.17. The minimum atomic E-state index is -3.66. The summed E-state index contributed by atoms with van der Waals surface area (Å²) in [4.78, 5) is 20.1. The number of hydrogen-bond donors (Lipinski definition) is 2. The molecule has 1 amide bonds. The fraction of sp³-hybridized carbons (Fsp3) is 0.227. The zero-order chi connectivity index (χ0) is 22.0. The van der Waals surface area contributed by atoms with E-state index in [9.17, 15) is 13.6 Å². The molecule has 0 saturated heterocycles. The molecule has 0 atom stereocenters. The van der Waals surface area contributed by atoms with Crippen LogP contribution in [0.3, 0.4) is 0 Å². The summed E-state index contributed by atoms with van der Waals surface area (Å²) in [6.07, 6.45) is -1.44. The number of halogens is 2. The molecule has 0 radical (unpaired) electrons. The van der Waals surface area contributed by atoms with E-state index >= 15 is 0 Å². The van der Waals surface area contributed by atoms with Gasteiger partial charge in [-0.1, -0.05) is 12.1 Å². The van der Waals surface area contributed by atoms with Gasteiger partial charge in [-0.2, -0.15) is 0 Å². The molecule has 0 spiro atoms. The van der Waals surface area contributed by atoms with Crippen LogP contribution in [0.5, 0.6) is 11.5 Å². The number of pyridine rings is 2. The molecule has 2 N–H and O–H groups in total. The lowest BCUT2D eigenvalue weighted by Gasteiger charge is -2.10. The average Bonchev–Trinajstić information content (AvgIpc) is 3.07. The number of amides is 1. The van der Waals surface area contributed by atoms with E-state index in [2.05, 4.69) is 19.8 Å². The largest absolute Gasteiger partial charge is 0.586 e. The SMILES string of the molecule is Cc1ccc(Cc2ccc(CNC(=O)CO)nc2)nc1-c1ccc2c(c1)OC(F)(F)O2. The number of alkyl halides is 2. The molecule has 31 heavy (non-hydrogen) atoms. The van der Waals surface area contributed by atoms with Crippen LogP contribution in [-0.2, 0) is 17.8 Å². The Balaban J connectivity index is 1.51. The van der Waals surface area contributed by atoms with Crippen LogP contribution in [0.25, 0.3) is 11.3 Å². The quantitative estimate of drug-likeness (QED) is 0.628. The van der Waals surface area contributed by atoms with E-state index in [1.165, 1.54) is 12.1 Å². The van der Waals surface area contributed by atoms with Gasteiger partial charge in [0.15, 0.2) is 11.5 Å². The van der Waals surface area contributed by atoms with Crippen molar-refractivity contribution in [1.29, 1.82) is 0 Å². The minimum absolute atomic E-state index is 0.0103. The molecule has 0 aliphatic carbocycles. The summed E-state index contributed by atoms with van der Waals surface area (Å²) in [7, 11) is 0. The van der Waals surface area contributed by atoms with Crippen molar-refractivity contribution in [1.82, 2.24) is 15.3 Å².